The summed E-state index contributed by atoms with van der Waals surface area (Å²) in [7, 11) is 0. The van der Waals surface area contributed by atoms with Crippen LogP contribution in [0.3, 0.4) is 0 Å². The molecule has 0 aromatic rings. The van der Waals surface area contributed by atoms with Crippen molar-refractivity contribution in [1.82, 2.24) is 0 Å². The van der Waals surface area contributed by atoms with Gasteiger partial charge in [0.2, 0.25) is 0 Å². The first-order chi connectivity index (χ1) is 7.09. The van der Waals surface area contributed by atoms with Crippen LogP contribution in [0.5, 0.6) is 0 Å². The molecule has 2 aliphatic carbocycles. The van der Waals surface area contributed by atoms with Gasteiger partial charge in [-0.2, -0.15) is 0 Å². The van der Waals surface area contributed by atoms with Crippen LogP contribution in [-0.2, 0) is 0 Å². The SMILES string of the molecule is CC1=CC[C@H]2C(C)=CC[C@@H](C(C)C)[C@H]2C1. The third kappa shape index (κ3) is 2.04. The van der Waals surface area contributed by atoms with E-state index >= 15 is 0 Å². The van der Waals surface area contributed by atoms with Gasteiger partial charge in [0, 0.05) is 0 Å². The average Bonchev–Trinajstić information content (AvgIpc) is 2.17. The summed E-state index contributed by atoms with van der Waals surface area (Å²) in [6, 6.07) is 0. The van der Waals surface area contributed by atoms with Crippen LogP contribution in [0.15, 0.2) is 23.3 Å². The highest BCUT2D eigenvalue weighted by Gasteiger charge is 2.35. The van der Waals surface area contributed by atoms with E-state index in [0.717, 1.165) is 23.7 Å². The zero-order valence-electron chi connectivity index (χ0n) is 10.6. The molecule has 0 amide bonds. The molecule has 0 saturated carbocycles. The number of allylic oxidation sites excluding steroid dienone is 4. The fraction of sp³-hybridized carbons (Fsp3) is 0.733. The zero-order valence-corrected chi connectivity index (χ0v) is 10.6. The van der Waals surface area contributed by atoms with E-state index in [0.29, 0.717) is 0 Å². The van der Waals surface area contributed by atoms with Gasteiger partial charge in [-0.05, 0) is 56.8 Å². The van der Waals surface area contributed by atoms with Gasteiger partial charge in [0.15, 0.2) is 0 Å². The Morgan fingerprint density at radius 1 is 1.13 bits per heavy atom. The molecule has 84 valence electrons. The van der Waals surface area contributed by atoms with Gasteiger partial charge in [0.1, 0.15) is 0 Å². The lowest BCUT2D eigenvalue weighted by Crippen LogP contribution is -2.32. The highest BCUT2D eigenvalue weighted by atomic mass is 14.4. The van der Waals surface area contributed by atoms with Crippen LogP contribution in [0, 0.1) is 23.7 Å². The summed E-state index contributed by atoms with van der Waals surface area (Å²) in [6.07, 6.45) is 8.92. The van der Waals surface area contributed by atoms with E-state index in [2.05, 4.69) is 39.8 Å². The minimum atomic E-state index is 0.841. The van der Waals surface area contributed by atoms with Crippen LogP contribution in [0.25, 0.3) is 0 Å². The number of hydrogen-bond donors (Lipinski definition) is 0. The Bertz CT molecular complexity index is 293. The molecule has 2 aliphatic rings. The second kappa shape index (κ2) is 4.15. The summed E-state index contributed by atoms with van der Waals surface area (Å²) in [4.78, 5) is 0. The molecule has 0 aliphatic heterocycles. The minimum Gasteiger partial charge on any atom is -0.0850 e. The molecule has 0 aromatic heterocycles. The Hall–Kier alpha value is -0.520. The van der Waals surface area contributed by atoms with Crippen molar-refractivity contribution in [3.63, 3.8) is 0 Å². The van der Waals surface area contributed by atoms with E-state index in [4.69, 9.17) is 0 Å². The fourth-order valence-corrected chi connectivity index (χ4v) is 3.49. The summed E-state index contributed by atoms with van der Waals surface area (Å²) in [5.41, 5.74) is 3.28. The average molecular weight is 204 g/mol. The lowest BCUT2D eigenvalue weighted by Gasteiger charge is -2.42. The molecule has 0 fully saturated rings. The van der Waals surface area contributed by atoms with Crippen LogP contribution in [0.1, 0.15) is 47.0 Å². The van der Waals surface area contributed by atoms with E-state index < -0.39 is 0 Å². The molecule has 2 rings (SSSR count). The van der Waals surface area contributed by atoms with Crippen LogP contribution in [0.2, 0.25) is 0 Å². The van der Waals surface area contributed by atoms with Crippen molar-refractivity contribution >= 4 is 0 Å². The Morgan fingerprint density at radius 2 is 1.87 bits per heavy atom. The number of fused-ring (bicyclic) bond motifs is 1. The van der Waals surface area contributed by atoms with Gasteiger partial charge in [-0.1, -0.05) is 37.1 Å². The molecule has 0 unspecified atom stereocenters. The van der Waals surface area contributed by atoms with Crippen LogP contribution >= 0.6 is 0 Å². The highest BCUT2D eigenvalue weighted by molar-refractivity contribution is 5.19. The topological polar surface area (TPSA) is 0 Å². The van der Waals surface area contributed by atoms with Crippen molar-refractivity contribution in [2.75, 3.05) is 0 Å². The first-order valence-corrected chi connectivity index (χ1v) is 6.42. The lowest BCUT2D eigenvalue weighted by molar-refractivity contribution is 0.175. The maximum absolute atomic E-state index is 2.50. The quantitative estimate of drug-likeness (QED) is 0.548. The van der Waals surface area contributed by atoms with E-state index in [1.54, 1.807) is 11.1 Å². The monoisotopic (exact) mass is 204 g/mol. The van der Waals surface area contributed by atoms with E-state index in [1.165, 1.54) is 19.3 Å². The third-order valence-corrected chi connectivity index (χ3v) is 4.50. The number of hydrogen-bond acceptors (Lipinski definition) is 0. The van der Waals surface area contributed by atoms with Gasteiger partial charge < -0.3 is 0 Å². The molecule has 0 heteroatoms. The van der Waals surface area contributed by atoms with E-state index in [9.17, 15) is 0 Å². The van der Waals surface area contributed by atoms with Gasteiger partial charge >= 0.3 is 0 Å². The van der Waals surface area contributed by atoms with Crippen LogP contribution in [0.4, 0.5) is 0 Å². The largest absolute Gasteiger partial charge is 0.0850 e. The standard InChI is InChI=1S/C15H24/c1-10(2)13-8-6-12(4)14-7-5-11(3)9-15(13)14/h5-6,10,13-15H,7-9H2,1-4H3/t13-,14-,15+/m0/s1. The van der Waals surface area contributed by atoms with Gasteiger partial charge in [0.05, 0.1) is 0 Å². The molecule has 15 heavy (non-hydrogen) atoms. The molecule has 0 nitrogen and oxygen atoms in total. The maximum Gasteiger partial charge on any atom is -0.0137 e. The minimum absolute atomic E-state index is 0.841. The normalized spacial score (nSPS) is 35.9. The fourth-order valence-electron chi connectivity index (χ4n) is 3.49. The maximum atomic E-state index is 2.50. The summed E-state index contributed by atoms with van der Waals surface area (Å²) < 4.78 is 0. The third-order valence-electron chi connectivity index (χ3n) is 4.50. The zero-order chi connectivity index (χ0) is 11.0. The second-order valence-electron chi connectivity index (χ2n) is 5.85. The second-order valence-corrected chi connectivity index (χ2v) is 5.85. The lowest BCUT2D eigenvalue weighted by atomic mass is 9.63. The predicted molar refractivity (Wildman–Crippen MR) is 66.7 cm³/mol. The van der Waals surface area contributed by atoms with Crippen LogP contribution < -0.4 is 0 Å². The first kappa shape index (κ1) is 11.0. The Labute approximate surface area is 94.5 Å². The first-order valence-electron chi connectivity index (χ1n) is 6.42. The van der Waals surface area contributed by atoms with Crippen molar-refractivity contribution in [2.24, 2.45) is 23.7 Å². The summed E-state index contributed by atoms with van der Waals surface area (Å²) in [5.74, 6) is 3.55. The van der Waals surface area contributed by atoms with Gasteiger partial charge in [0.25, 0.3) is 0 Å². The molecule has 0 saturated heterocycles. The molecule has 0 N–H and O–H groups in total. The van der Waals surface area contributed by atoms with Crippen molar-refractivity contribution in [1.29, 1.82) is 0 Å². The smallest absolute Gasteiger partial charge is 0.0137 e. The van der Waals surface area contributed by atoms with Crippen LogP contribution in [-0.4, -0.2) is 0 Å². The van der Waals surface area contributed by atoms with Crippen molar-refractivity contribution in [3.8, 4) is 0 Å². The molecule has 0 radical (unpaired) electrons. The Kier molecular flexibility index (Phi) is 3.04. The van der Waals surface area contributed by atoms with Gasteiger partial charge in [-0.15, -0.1) is 0 Å². The predicted octanol–water partition coefficient (Wildman–Crippen LogP) is 4.58. The summed E-state index contributed by atoms with van der Waals surface area (Å²) in [5, 5.41) is 0. The van der Waals surface area contributed by atoms with E-state index in [-0.39, 0.29) is 0 Å². The summed E-state index contributed by atoms with van der Waals surface area (Å²) >= 11 is 0. The highest BCUT2D eigenvalue weighted by Crippen LogP contribution is 2.45. The molecule has 3 atom stereocenters. The molecular formula is C15H24. The van der Waals surface area contributed by atoms with Crippen molar-refractivity contribution in [3.05, 3.63) is 23.3 Å². The Balaban J connectivity index is 2.24. The molecule has 0 spiro atoms. The van der Waals surface area contributed by atoms with Crippen molar-refractivity contribution < 1.29 is 0 Å². The Morgan fingerprint density at radius 3 is 2.53 bits per heavy atom. The molecule has 0 heterocycles. The summed E-state index contributed by atoms with van der Waals surface area (Å²) in [6.45, 7) is 9.43. The van der Waals surface area contributed by atoms with E-state index in [1.807, 2.05) is 0 Å². The molecular weight excluding hydrogens is 180 g/mol. The molecule has 0 bridgehead atoms. The van der Waals surface area contributed by atoms with Gasteiger partial charge in [-0.3, -0.25) is 0 Å². The van der Waals surface area contributed by atoms with Gasteiger partial charge in [-0.25, -0.2) is 0 Å². The number of rotatable bonds is 1. The molecule has 0 aromatic carbocycles. The van der Waals surface area contributed by atoms with Crippen molar-refractivity contribution in [2.45, 2.75) is 47.0 Å².